The minimum absolute atomic E-state index is 0.474. The molecule has 1 heterocycles. The first-order valence-corrected chi connectivity index (χ1v) is 5.01. The molecule has 0 unspecified atom stereocenters. The predicted octanol–water partition coefficient (Wildman–Crippen LogP) is 0.687. The summed E-state index contributed by atoms with van der Waals surface area (Å²) in [5.74, 6) is 0. The van der Waals surface area contributed by atoms with Crippen LogP contribution in [0.15, 0.2) is 12.4 Å². The molecule has 78 valence electrons. The first-order chi connectivity index (χ1) is 6.78. The molecule has 0 bridgehead atoms. The van der Waals surface area contributed by atoms with Crippen LogP contribution in [-0.4, -0.2) is 29.0 Å². The average molecular weight is 195 g/mol. The zero-order valence-corrected chi connectivity index (χ0v) is 8.73. The van der Waals surface area contributed by atoms with E-state index in [9.17, 15) is 0 Å². The smallest absolute Gasteiger partial charge is 0.0601 e. The van der Waals surface area contributed by atoms with Gasteiger partial charge in [-0.15, -0.1) is 0 Å². The van der Waals surface area contributed by atoms with Crippen LogP contribution in [0.4, 0.5) is 0 Å². The van der Waals surface area contributed by atoms with Crippen molar-refractivity contribution in [3.05, 3.63) is 18.0 Å². The SMILES string of the molecule is COC1CC(NCc2cnn(C)c2)C1. The summed E-state index contributed by atoms with van der Waals surface area (Å²) in [6.07, 6.45) is 6.69. The third-order valence-corrected chi connectivity index (χ3v) is 2.78. The van der Waals surface area contributed by atoms with Crippen molar-refractivity contribution in [3.63, 3.8) is 0 Å². The highest BCUT2D eigenvalue weighted by Crippen LogP contribution is 2.22. The van der Waals surface area contributed by atoms with Crippen LogP contribution in [0.5, 0.6) is 0 Å². The van der Waals surface area contributed by atoms with Gasteiger partial charge in [0.2, 0.25) is 0 Å². The Bertz CT molecular complexity index is 291. The van der Waals surface area contributed by atoms with Crippen molar-refractivity contribution in [1.29, 1.82) is 0 Å². The molecular weight excluding hydrogens is 178 g/mol. The quantitative estimate of drug-likeness (QED) is 0.768. The highest BCUT2D eigenvalue weighted by Gasteiger charge is 2.28. The van der Waals surface area contributed by atoms with Crippen LogP contribution in [0.1, 0.15) is 18.4 Å². The van der Waals surface area contributed by atoms with Crippen molar-refractivity contribution in [3.8, 4) is 0 Å². The number of hydrogen-bond donors (Lipinski definition) is 1. The van der Waals surface area contributed by atoms with Gasteiger partial charge in [0.15, 0.2) is 0 Å². The van der Waals surface area contributed by atoms with Gasteiger partial charge in [0.1, 0.15) is 0 Å². The van der Waals surface area contributed by atoms with Gasteiger partial charge in [0.25, 0.3) is 0 Å². The lowest BCUT2D eigenvalue weighted by Crippen LogP contribution is -2.44. The number of hydrogen-bond acceptors (Lipinski definition) is 3. The number of aromatic nitrogens is 2. The summed E-state index contributed by atoms with van der Waals surface area (Å²) < 4.78 is 7.05. The molecule has 1 saturated carbocycles. The summed E-state index contributed by atoms with van der Waals surface area (Å²) in [4.78, 5) is 0. The summed E-state index contributed by atoms with van der Waals surface area (Å²) in [6.45, 7) is 0.912. The largest absolute Gasteiger partial charge is 0.381 e. The van der Waals surface area contributed by atoms with Crippen LogP contribution >= 0.6 is 0 Å². The van der Waals surface area contributed by atoms with Crippen LogP contribution in [-0.2, 0) is 18.3 Å². The normalized spacial score (nSPS) is 26.1. The molecule has 0 spiro atoms. The van der Waals surface area contributed by atoms with E-state index in [1.165, 1.54) is 5.56 Å². The number of methoxy groups -OCH3 is 1. The van der Waals surface area contributed by atoms with Gasteiger partial charge in [0, 0.05) is 38.5 Å². The molecular formula is C10H17N3O. The third kappa shape index (κ3) is 2.13. The second-order valence-electron chi connectivity index (χ2n) is 3.93. The van der Waals surface area contributed by atoms with Crippen molar-refractivity contribution in [2.24, 2.45) is 7.05 Å². The fourth-order valence-corrected chi connectivity index (χ4v) is 1.75. The topological polar surface area (TPSA) is 39.1 Å². The molecule has 14 heavy (non-hydrogen) atoms. The molecule has 1 N–H and O–H groups in total. The summed E-state index contributed by atoms with van der Waals surface area (Å²) in [7, 11) is 3.72. The Labute approximate surface area is 84.3 Å². The lowest BCUT2D eigenvalue weighted by Gasteiger charge is -2.34. The number of ether oxygens (including phenoxy) is 1. The van der Waals surface area contributed by atoms with E-state index in [0.717, 1.165) is 19.4 Å². The van der Waals surface area contributed by atoms with Gasteiger partial charge >= 0.3 is 0 Å². The Morgan fingerprint density at radius 3 is 3.00 bits per heavy atom. The lowest BCUT2D eigenvalue weighted by atomic mass is 9.89. The van der Waals surface area contributed by atoms with Crippen molar-refractivity contribution >= 4 is 0 Å². The maximum atomic E-state index is 5.22. The van der Waals surface area contributed by atoms with Crippen molar-refractivity contribution in [2.45, 2.75) is 31.5 Å². The van der Waals surface area contributed by atoms with E-state index in [4.69, 9.17) is 4.74 Å². The molecule has 4 heteroatoms. The summed E-state index contributed by atoms with van der Waals surface area (Å²) in [5.41, 5.74) is 1.24. The minimum Gasteiger partial charge on any atom is -0.381 e. The lowest BCUT2D eigenvalue weighted by molar-refractivity contribution is 0.0170. The van der Waals surface area contributed by atoms with Crippen molar-refractivity contribution < 1.29 is 4.74 Å². The molecule has 1 aromatic heterocycles. The zero-order valence-electron chi connectivity index (χ0n) is 8.73. The Kier molecular flexibility index (Phi) is 2.84. The van der Waals surface area contributed by atoms with E-state index in [2.05, 4.69) is 10.4 Å². The second kappa shape index (κ2) is 4.11. The van der Waals surface area contributed by atoms with Gasteiger partial charge in [-0.05, 0) is 12.8 Å². The number of nitrogens with zero attached hydrogens (tertiary/aromatic N) is 2. The van der Waals surface area contributed by atoms with Crippen LogP contribution in [0.3, 0.4) is 0 Å². The Balaban J connectivity index is 1.69. The van der Waals surface area contributed by atoms with Crippen LogP contribution in [0.25, 0.3) is 0 Å². The number of aryl methyl sites for hydroxylation is 1. The van der Waals surface area contributed by atoms with E-state index >= 15 is 0 Å². The van der Waals surface area contributed by atoms with E-state index < -0.39 is 0 Å². The highest BCUT2D eigenvalue weighted by molar-refractivity contribution is 5.03. The highest BCUT2D eigenvalue weighted by atomic mass is 16.5. The van der Waals surface area contributed by atoms with E-state index in [-0.39, 0.29) is 0 Å². The minimum atomic E-state index is 0.474. The maximum absolute atomic E-state index is 5.22. The van der Waals surface area contributed by atoms with Gasteiger partial charge in [-0.1, -0.05) is 0 Å². The Hall–Kier alpha value is -0.870. The van der Waals surface area contributed by atoms with Gasteiger partial charge in [-0.3, -0.25) is 4.68 Å². The third-order valence-electron chi connectivity index (χ3n) is 2.78. The first kappa shape index (κ1) is 9.68. The average Bonchev–Trinajstić information content (AvgIpc) is 2.49. The van der Waals surface area contributed by atoms with Crippen LogP contribution in [0.2, 0.25) is 0 Å². The molecule has 1 aliphatic carbocycles. The van der Waals surface area contributed by atoms with Gasteiger partial charge in [-0.2, -0.15) is 5.10 Å². The monoisotopic (exact) mass is 195 g/mol. The van der Waals surface area contributed by atoms with Crippen molar-refractivity contribution in [2.75, 3.05) is 7.11 Å². The molecule has 4 nitrogen and oxygen atoms in total. The Morgan fingerprint density at radius 2 is 2.43 bits per heavy atom. The van der Waals surface area contributed by atoms with Gasteiger partial charge < -0.3 is 10.1 Å². The molecule has 0 atom stereocenters. The molecule has 0 saturated heterocycles. The molecule has 0 aliphatic heterocycles. The van der Waals surface area contributed by atoms with E-state index in [1.54, 1.807) is 7.11 Å². The van der Waals surface area contributed by atoms with Crippen molar-refractivity contribution in [1.82, 2.24) is 15.1 Å². The fraction of sp³-hybridized carbons (Fsp3) is 0.700. The number of rotatable bonds is 4. The molecule has 1 fully saturated rings. The molecule has 2 rings (SSSR count). The second-order valence-corrected chi connectivity index (χ2v) is 3.93. The number of nitrogens with one attached hydrogen (secondary N) is 1. The molecule has 0 amide bonds. The summed E-state index contributed by atoms with van der Waals surface area (Å²) >= 11 is 0. The van der Waals surface area contributed by atoms with Crippen LogP contribution < -0.4 is 5.32 Å². The van der Waals surface area contributed by atoms with E-state index in [1.807, 2.05) is 24.1 Å². The predicted molar refractivity (Wildman–Crippen MR) is 53.9 cm³/mol. The van der Waals surface area contributed by atoms with E-state index in [0.29, 0.717) is 12.1 Å². The zero-order chi connectivity index (χ0) is 9.97. The van der Waals surface area contributed by atoms with Gasteiger partial charge in [-0.25, -0.2) is 0 Å². The standard InChI is InChI=1S/C10H17N3O/c1-13-7-8(6-12-13)5-11-9-3-10(4-9)14-2/h6-7,9-11H,3-5H2,1-2H3. The first-order valence-electron chi connectivity index (χ1n) is 5.01. The van der Waals surface area contributed by atoms with Crippen LogP contribution in [0, 0.1) is 0 Å². The molecule has 1 aliphatic rings. The molecule has 1 aromatic rings. The summed E-state index contributed by atoms with van der Waals surface area (Å²) in [6, 6.07) is 0.625. The van der Waals surface area contributed by atoms with Gasteiger partial charge in [0.05, 0.1) is 12.3 Å². The fourth-order valence-electron chi connectivity index (χ4n) is 1.75. The maximum Gasteiger partial charge on any atom is 0.0601 e. The summed E-state index contributed by atoms with van der Waals surface area (Å²) in [5, 5.41) is 7.60. The molecule has 0 aromatic carbocycles. The Morgan fingerprint density at radius 1 is 1.64 bits per heavy atom. The molecule has 0 radical (unpaired) electrons.